The van der Waals surface area contributed by atoms with E-state index < -0.39 is 35.2 Å². The molecule has 3 N–H and O–H groups in total. The van der Waals surface area contributed by atoms with Gasteiger partial charge in [0.1, 0.15) is 5.82 Å². The number of amides is 2. The fourth-order valence-electron chi connectivity index (χ4n) is 5.10. The minimum Gasteiger partial charge on any atom is -0.404 e. The van der Waals surface area contributed by atoms with Gasteiger partial charge in [0.15, 0.2) is 0 Å². The third-order valence-electron chi connectivity index (χ3n) is 7.45. The van der Waals surface area contributed by atoms with Gasteiger partial charge in [0.2, 0.25) is 5.95 Å². The lowest BCUT2D eigenvalue weighted by atomic mass is 9.97. The summed E-state index contributed by atoms with van der Waals surface area (Å²) in [4.78, 5) is 54.5. The quantitative estimate of drug-likeness (QED) is 0.310. The van der Waals surface area contributed by atoms with Crippen LogP contribution in [0.2, 0.25) is 0 Å². The van der Waals surface area contributed by atoms with Crippen molar-refractivity contribution in [2.24, 2.45) is 5.73 Å². The number of hydrogen-bond acceptors (Lipinski definition) is 7. The number of carbonyl (C=O) groups excluding carboxylic acids is 2. The van der Waals surface area contributed by atoms with Crippen LogP contribution in [0, 0.1) is 0 Å². The molecule has 10 nitrogen and oxygen atoms in total. The Balaban J connectivity index is 1.61. The van der Waals surface area contributed by atoms with Crippen molar-refractivity contribution in [2.75, 3.05) is 7.05 Å². The standard InChI is InChI=1S/C31H27BrF3N7O3/c1-17-10-22-25(16-41(17)28(44)19-8-9-24(32)23(12-19)31(33,34)35)40-26(20(13-36)11-18-6-4-3-5-7-18)42(29(22)45)30-38-14-21(15-39-30)27(43)37-2/h3-9,12-15,17H,10-11,16,36H2,1-2H3,(H,37,43)/t17-/m0/s1. The topological polar surface area (TPSA) is 136 Å². The van der Waals surface area contributed by atoms with Crippen LogP contribution in [-0.2, 0) is 25.6 Å². The molecule has 0 saturated heterocycles. The maximum Gasteiger partial charge on any atom is 0.417 e. The fraction of sp³-hybridized carbons (Fsp3) is 0.226. The van der Waals surface area contributed by atoms with Crippen molar-refractivity contribution in [2.45, 2.75) is 38.5 Å². The Labute approximate surface area is 264 Å². The van der Waals surface area contributed by atoms with Gasteiger partial charge in [0.05, 0.1) is 23.4 Å². The average molecular weight is 683 g/mol. The molecule has 14 heteroatoms. The number of hydrogen-bond donors (Lipinski definition) is 2. The molecule has 45 heavy (non-hydrogen) atoms. The van der Waals surface area contributed by atoms with Crippen LogP contribution in [0.1, 0.15) is 55.8 Å². The van der Waals surface area contributed by atoms with Gasteiger partial charge >= 0.3 is 6.18 Å². The summed E-state index contributed by atoms with van der Waals surface area (Å²) in [6, 6.07) is 12.1. The van der Waals surface area contributed by atoms with Crippen LogP contribution in [0.3, 0.4) is 0 Å². The number of benzene rings is 2. The van der Waals surface area contributed by atoms with Gasteiger partial charge in [0, 0.05) is 59.3 Å². The van der Waals surface area contributed by atoms with Gasteiger partial charge in [-0.05, 0) is 37.1 Å². The monoisotopic (exact) mass is 681 g/mol. The van der Waals surface area contributed by atoms with Crippen molar-refractivity contribution in [3.8, 4) is 5.95 Å². The average Bonchev–Trinajstić information content (AvgIpc) is 3.03. The van der Waals surface area contributed by atoms with Gasteiger partial charge in [-0.1, -0.05) is 46.3 Å². The molecule has 0 spiro atoms. The molecule has 1 aliphatic rings. The highest BCUT2D eigenvalue weighted by molar-refractivity contribution is 9.10. The van der Waals surface area contributed by atoms with Crippen LogP contribution in [0.5, 0.6) is 0 Å². The molecule has 0 bridgehead atoms. The van der Waals surface area contributed by atoms with Gasteiger partial charge in [-0.3, -0.25) is 14.4 Å². The highest BCUT2D eigenvalue weighted by atomic mass is 79.9. The Kier molecular flexibility index (Phi) is 8.87. The normalized spacial score (nSPS) is 15.0. The highest BCUT2D eigenvalue weighted by Crippen LogP contribution is 2.36. The van der Waals surface area contributed by atoms with Crippen molar-refractivity contribution in [3.63, 3.8) is 0 Å². The van der Waals surface area contributed by atoms with Crippen molar-refractivity contribution < 1.29 is 22.8 Å². The van der Waals surface area contributed by atoms with E-state index in [9.17, 15) is 27.6 Å². The van der Waals surface area contributed by atoms with Crippen LogP contribution >= 0.6 is 15.9 Å². The molecular weight excluding hydrogens is 655 g/mol. The molecule has 232 valence electrons. The number of nitrogens with zero attached hydrogens (tertiary/aromatic N) is 5. The summed E-state index contributed by atoms with van der Waals surface area (Å²) >= 11 is 2.91. The molecule has 0 aliphatic carbocycles. The van der Waals surface area contributed by atoms with Crippen molar-refractivity contribution in [1.29, 1.82) is 0 Å². The summed E-state index contributed by atoms with van der Waals surface area (Å²) in [7, 11) is 1.47. The van der Waals surface area contributed by atoms with E-state index in [2.05, 4.69) is 31.2 Å². The molecule has 1 atom stereocenters. The van der Waals surface area contributed by atoms with E-state index in [4.69, 9.17) is 10.7 Å². The molecule has 5 rings (SSSR count). The molecule has 0 radical (unpaired) electrons. The van der Waals surface area contributed by atoms with E-state index in [1.54, 1.807) is 6.92 Å². The Morgan fingerprint density at radius 3 is 2.42 bits per heavy atom. The summed E-state index contributed by atoms with van der Waals surface area (Å²) in [5, 5.41) is 2.49. The summed E-state index contributed by atoms with van der Waals surface area (Å²) in [6.45, 7) is 1.58. The van der Waals surface area contributed by atoms with Gasteiger partial charge in [-0.15, -0.1) is 0 Å². The van der Waals surface area contributed by atoms with Gasteiger partial charge in [-0.25, -0.2) is 19.5 Å². The lowest BCUT2D eigenvalue weighted by Gasteiger charge is -2.34. The molecule has 2 amide bonds. The molecule has 0 saturated carbocycles. The second-order valence-corrected chi connectivity index (χ2v) is 11.2. The first-order chi connectivity index (χ1) is 21.4. The maximum atomic E-state index is 14.1. The lowest BCUT2D eigenvalue weighted by Crippen LogP contribution is -2.46. The van der Waals surface area contributed by atoms with E-state index >= 15 is 0 Å². The zero-order valence-corrected chi connectivity index (χ0v) is 25.7. The smallest absolute Gasteiger partial charge is 0.404 e. The first kappa shape index (κ1) is 31.6. The number of halogens is 4. The number of alkyl halides is 3. The van der Waals surface area contributed by atoms with Gasteiger partial charge in [-0.2, -0.15) is 13.2 Å². The van der Waals surface area contributed by atoms with Crippen molar-refractivity contribution in [1.82, 2.24) is 29.7 Å². The molecule has 2 aromatic heterocycles. The SMILES string of the molecule is CNC(=O)c1cnc(-n2c(C(=CN)Cc3ccccc3)nc3c(c2=O)C[C@H](C)N(C(=O)c2ccc(Br)c(C(F)(F)F)c2)C3)nc1. The predicted molar refractivity (Wildman–Crippen MR) is 163 cm³/mol. The molecule has 1 aliphatic heterocycles. The number of nitrogens with two attached hydrogens (primary N) is 1. The second-order valence-electron chi connectivity index (χ2n) is 10.4. The van der Waals surface area contributed by atoms with Crippen LogP contribution in [0.15, 0.2) is 76.4 Å². The van der Waals surface area contributed by atoms with Crippen LogP contribution in [-0.4, -0.2) is 49.3 Å². The summed E-state index contributed by atoms with van der Waals surface area (Å²) in [5.41, 5.74) is 6.57. The van der Waals surface area contributed by atoms with Crippen LogP contribution in [0.25, 0.3) is 11.5 Å². The molecule has 0 unspecified atom stereocenters. The zero-order chi connectivity index (χ0) is 32.5. The highest BCUT2D eigenvalue weighted by Gasteiger charge is 2.36. The molecule has 0 fully saturated rings. The van der Waals surface area contributed by atoms with Crippen LogP contribution in [0.4, 0.5) is 13.2 Å². The molecule has 4 aromatic rings. The summed E-state index contributed by atoms with van der Waals surface area (Å²) in [6.07, 6.45) is -0.400. The van der Waals surface area contributed by atoms with E-state index in [0.717, 1.165) is 11.6 Å². The number of allylic oxidation sites excluding steroid dienone is 1. The zero-order valence-electron chi connectivity index (χ0n) is 24.1. The Morgan fingerprint density at radius 1 is 1.11 bits per heavy atom. The number of aromatic nitrogens is 4. The third kappa shape index (κ3) is 6.36. The van der Waals surface area contributed by atoms with Crippen molar-refractivity contribution in [3.05, 3.63) is 121 Å². The van der Waals surface area contributed by atoms with Crippen LogP contribution < -0.4 is 16.6 Å². The molecular formula is C31H27BrF3N7O3. The van der Waals surface area contributed by atoms with Crippen molar-refractivity contribution >= 4 is 33.3 Å². The summed E-state index contributed by atoms with van der Waals surface area (Å²) in [5.74, 6) is -0.949. The van der Waals surface area contributed by atoms with E-state index in [-0.39, 0.29) is 52.5 Å². The first-order valence-corrected chi connectivity index (χ1v) is 14.5. The number of fused-ring (bicyclic) bond motifs is 1. The minimum atomic E-state index is -4.67. The molecule has 3 heterocycles. The Hall–Kier alpha value is -4.85. The maximum absolute atomic E-state index is 14.1. The second kappa shape index (κ2) is 12.6. The van der Waals surface area contributed by atoms with Gasteiger partial charge < -0.3 is 16.0 Å². The minimum absolute atomic E-state index is 0.0360. The first-order valence-electron chi connectivity index (χ1n) is 13.7. The van der Waals surface area contributed by atoms with E-state index in [0.29, 0.717) is 11.1 Å². The largest absolute Gasteiger partial charge is 0.417 e. The number of nitrogens with one attached hydrogen (secondary N) is 1. The predicted octanol–water partition coefficient (Wildman–Crippen LogP) is 4.29. The van der Waals surface area contributed by atoms with E-state index in [1.807, 2.05) is 30.3 Å². The fourth-order valence-corrected chi connectivity index (χ4v) is 5.57. The third-order valence-corrected chi connectivity index (χ3v) is 8.14. The summed E-state index contributed by atoms with van der Waals surface area (Å²) < 4.78 is 41.8. The number of carbonyl (C=O) groups is 2. The number of rotatable bonds is 6. The molecule has 2 aromatic carbocycles. The lowest BCUT2D eigenvalue weighted by molar-refractivity contribution is -0.138. The Bertz CT molecular complexity index is 1860. The van der Waals surface area contributed by atoms with E-state index in [1.165, 1.54) is 47.2 Å². The van der Waals surface area contributed by atoms with Gasteiger partial charge in [0.25, 0.3) is 17.4 Å². The Morgan fingerprint density at radius 2 is 1.80 bits per heavy atom.